The molecule has 1 aromatic carbocycles. The molecule has 0 radical (unpaired) electrons. The van der Waals surface area contributed by atoms with E-state index in [-0.39, 0.29) is 10.8 Å². The van der Waals surface area contributed by atoms with Crippen LogP contribution in [0.15, 0.2) is 30.3 Å². The van der Waals surface area contributed by atoms with Crippen LogP contribution in [0.4, 0.5) is 0 Å². The Morgan fingerprint density at radius 2 is 1.90 bits per heavy atom. The Morgan fingerprint density at radius 1 is 1.20 bits per heavy atom. The number of hydrogen-bond donors (Lipinski definition) is 0. The third kappa shape index (κ3) is 1.65. The molecule has 0 aromatic heterocycles. The second-order valence-corrected chi connectivity index (χ2v) is 7.75. The lowest BCUT2D eigenvalue weighted by atomic mass is 9.57. The lowest BCUT2D eigenvalue weighted by Crippen LogP contribution is -2.43. The van der Waals surface area contributed by atoms with E-state index in [9.17, 15) is 4.79 Å². The number of aldehydes is 1. The quantitative estimate of drug-likeness (QED) is 0.728. The van der Waals surface area contributed by atoms with Gasteiger partial charge >= 0.3 is 0 Å². The molecule has 0 amide bonds. The van der Waals surface area contributed by atoms with E-state index in [0.717, 1.165) is 25.2 Å². The molecular formula is C19H26O. The molecule has 3 unspecified atom stereocenters. The minimum absolute atomic E-state index is 0.102. The van der Waals surface area contributed by atoms with E-state index in [1.54, 1.807) is 0 Å². The SMILES string of the molecule is CC1(C)C2CCC1(C)C(C=O)(CCc1ccccc1)C2. The fourth-order valence-corrected chi connectivity index (χ4v) is 5.14. The third-order valence-corrected chi connectivity index (χ3v) is 7.07. The van der Waals surface area contributed by atoms with Gasteiger partial charge in [0.05, 0.1) is 0 Å². The first-order valence-electron chi connectivity index (χ1n) is 7.95. The fourth-order valence-electron chi connectivity index (χ4n) is 5.14. The maximum Gasteiger partial charge on any atom is 0.126 e. The van der Waals surface area contributed by atoms with Gasteiger partial charge in [-0.1, -0.05) is 51.1 Å². The van der Waals surface area contributed by atoms with Crippen molar-refractivity contribution in [2.75, 3.05) is 0 Å². The van der Waals surface area contributed by atoms with Crippen LogP contribution in [0.25, 0.3) is 0 Å². The van der Waals surface area contributed by atoms with Gasteiger partial charge in [-0.05, 0) is 54.4 Å². The molecule has 0 spiro atoms. The highest BCUT2D eigenvalue weighted by Crippen LogP contribution is 2.73. The second kappa shape index (κ2) is 4.44. The number of benzene rings is 1. The van der Waals surface area contributed by atoms with Gasteiger partial charge in [0.25, 0.3) is 0 Å². The first-order chi connectivity index (χ1) is 9.45. The van der Waals surface area contributed by atoms with Crippen molar-refractivity contribution >= 4 is 6.29 Å². The van der Waals surface area contributed by atoms with Crippen molar-refractivity contribution in [3.63, 3.8) is 0 Å². The van der Waals surface area contributed by atoms with Crippen molar-refractivity contribution < 1.29 is 4.79 Å². The van der Waals surface area contributed by atoms with Gasteiger partial charge in [-0.3, -0.25) is 0 Å². The van der Waals surface area contributed by atoms with Gasteiger partial charge in [-0.25, -0.2) is 0 Å². The minimum atomic E-state index is -0.102. The molecule has 20 heavy (non-hydrogen) atoms. The monoisotopic (exact) mass is 270 g/mol. The number of aryl methyl sites for hydroxylation is 1. The van der Waals surface area contributed by atoms with E-state index in [1.807, 2.05) is 0 Å². The molecule has 1 aromatic rings. The van der Waals surface area contributed by atoms with Gasteiger partial charge in [0.15, 0.2) is 0 Å². The van der Waals surface area contributed by atoms with E-state index < -0.39 is 0 Å². The van der Waals surface area contributed by atoms with Crippen LogP contribution in [0, 0.1) is 22.2 Å². The predicted molar refractivity (Wildman–Crippen MR) is 82.5 cm³/mol. The van der Waals surface area contributed by atoms with Crippen molar-refractivity contribution in [2.45, 2.75) is 52.9 Å². The first kappa shape index (κ1) is 13.9. The zero-order valence-electron chi connectivity index (χ0n) is 13.0. The van der Waals surface area contributed by atoms with Crippen molar-refractivity contribution in [1.29, 1.82) is 0 Å². The van der Waals surface area contributed by atoms with Gasteiger partial charge in [-0.15, -0.1) is 0 Å². The average molecular weight is 270 g/mol. The summed E-state index contributed by atoms with van der Waals surface area (Å²) in [5, 5.41) is 0. The molecule has 3 rings (SSSR count). The minimum Gasteiger partial charge on any atom is -0.303 e. The molecule has 3 atom stereocenters. The van der Waals surface area contributed by atoms with Crippen LogP contribution in [-0.4, -0.2) is 6.29 Å². The zero-order valence-corrected chi connectivity index (χ0v) is 13.0. The van der Waals surface area contributed by atoms with E-state index in [1.165, 1.54) is 24.7 Å². The molecule has 1 heteroatoms. The van der Waals surface area contributed by atoms with E-state index in [2.05, 4.69) is 51.1 Å². The summed E-state index contributed by atoms with van der Waals surface area (Å²) in [5.74, 6) is 0.730. The number of rotatable bonds is 4. The zero-order chi connectivity index (χ0) is 14.4. The van der Waals surface area contributed by atoms with Crippen LogP contribution >= 0.6 is 0 Å². The Labute approximate surface area is 122 Å². The first-order valence-corrected chi connectivity index (χ1v) is 7.95. The van der Waals surface area contributed by atoms with Crippen LogP contribution < -0.4 is 0 Å². The van der Waals surface area contributed by atoms with Crippen molar-refractivity contribution in [1.82, 2.24) is 0 Å². The van der Waals surface area contributed by atoms with E-state index in [4.69, 9.17) is 0 Å². The van der Waals surface area contributed by atoms with Gasteiger partial charge < -0.3 is 4.79 Å². The summed E-state index contributed by atoms with van der Waals surface area (Å²) in [5.41, 5.74) is 1.75. The van der Waals surface area contributed by atoms with Gasteiger partial charge in [0, 0.05) is 5.41 Å². The normalized spacial score (nSPS) is 38.0. The topological polar surface area (TPSA) is 17.1 Å². The van der Waals surface area contributed by atoms with E-state index >= 15 is 0 Å². The smallest absolute Gasteiger partial charge is 0.126 e. The number of carbonyl (C=O) groups is 1. The molecule has 1 nitrogen and oxygen atoms in total. The number of hydrogen-bond acceptors (Lipinski definition) is 1. The van der Waals surface area contributed by atoms with Crippen molar-refractivity contribution in [3.05, 3.63) is 35.9 Å². The second-order valence-electron chi connectivity index (χ2n) is 7.75. The highest BCUT2D eigenvalue weighted by atomic mass is 16.1. The van der Waals surface area contributed by atoms with Crippen LogP contribution in [0.2, 0.25) is 0 Å². The molecular weight excluding hydrogens is 244 g/mol. The highest BCUT2D eigenvalue weighted by Gasteiger charge is 2.68. The van der Waals surface area contributed by atoms with Gasteiger partial charge in [0.1, 0.15) is 6.29 Å². The molecule has 0 N–H and O–H groups in total. The Kier molecular flexibility index (Phi) is 3.08. The summed E-state index contributed by atoms with van der Waals surface area (Å²) in [6, 6.07) is 10.6. The van der Waals surface area contributed by atoms with Crippen LogP contribution in [-0.2, 0) is 11.2 Å². The molecule has 2 fully saturated rings. The molecule has 108 valence electrons. The molecule has 0 saturated heterocycles. The standard InChI is InChI=1S/C19H26O/c1-17(2)16-10-11-18(17,3)19(13-16,14-20)12-9-15-7-5-4-6-8-15/h4-8,14,16H,9-13H2,1-3H3. The van der Waals surface area contributed by atoms with Crippen LogP contribution in [0.1, 0.15) is 52.0 Å². The predicted octanol–water partition coefficient (Wildman–Crippen LogP) is 4.65. The van der Waals surface area contributed by atoms with Gasteiger partial charge in [-0.2, -0.15) is 0 Å². The van der Waals surface area contributed by atoms with E-state index in [0.29, 0.717) is 5.41 Å². The summed E-state index contributed by atoms with van der Waals surface area (Å²) < 4.78 is 0. The summed E-state index contributed by atoms with van der Waals surface area (Å²) in [4.78, 5) is 12.0. The number of fused-ring (bicyclic) bond motifs is 2. The van der Waals surface area contributed by atoms with Gasteiger partial charge in [0.2, 0.25) is 0 Å². The van der Waals surface area contributed by atoms with Crippen LogP contribution in [0.3, 0.4) is 0 Å². The number of carbonyl (C=O) groups excluding carboxylic acids is 1. The summed E-state index contributed by atoms with van der Waals surface area (Å²) in [6.07, 6.45) is 6.99. The average Bonchev–Trinajstić information content (AvgIpc) is 2.78. The molecule has 2 aliphatic rings. The lowest BCUT2D eigenvalue weighted by Gasteiger charge is -2.46. The molecule has 2 aliphatic carbocycles. The van der Waals surface area contributed by atoms with Crippen molar-refractivity contribution in [3.8, 4) is 0 Å². The van der Waals surface area contributed by atoms with Crippen LogP contribution in [0.5, 0.6) is 0 Å². The molecule has 2 bridgehead atoms. The Balaban J connectivity index is 1.85. The summed E-state index contributed by atoms with van der Waals surface area (Å²) >= 11 is 0. The highest BCUT2D eigenvalue weighted by molar-refractivity contribution is 5.63. The Bertz CT molecular complexity index is 504. The molecule has 0 heterocycles. The van der Waals surface area contributed by atoms with Crippen molar-refractivity contribution in [2.24, 2.45) is 22.2 Å². The third-order valence-electron chi connectivity index (χ3n) is 7.07. The molecule has 2 saturated carbocycles. The molecule has 0 aliphatic heterocycles. The Hall–Kier alpha value is -1.11. The lowest BCUT2D eigenvalue weighted by molar-refractivity contribution is -0.125. The maximum atomic E-state index is 12.0. The maximum absolute atomic E-state index is 12.0. The fraction of sp³-hybridized carbons (Fsp3) is 0.632. The summed E-state index contributed by atoms with van der Waals surface area (Å²) in [6.45, 7) is 7.15. The summed E-state index contributed by atoms with van der Waals surface area (Å²) in [7, 11) is 0. The largest absolute Gasteiger partial charge is 0.303 e. The Morgan fingerprint density at radius 3 is 2.40 bits per heavy atom.